The zero-order valence-electron chi connectivity index (χ0n) is 14.3. The standard InChI is InChI=1S/C18H21N3O3S/c1-20(7-9-22)18(23)14-12-25-17(19-14)16-11-13-5-3-4-6-15(13)21(16)8-10-24-2/h3-6,11-12,22H,7-10H2,1-2H3. The van der Waals surface area contributed by atoms with Crippen molar-refractivity contribution in [2.24, 2.45) is 0 Å². The average molecular weight is 359 g/mol. The molecule has 0 saturated carbocycles. The average Bonchev–Trinajstić information content (AvgIpc) is 3.24. The zero-order chi connectivity index (χ0) is 17.8. The van der Waals surface area contributed by atoms with Crippen LogP contribution < -0.4 is 0 Å². The van der Waals surface area contributed by atoms with Crippen LogP contribution in [0.5, 0.6) is 0 Å². The fourth-order valence-electron chi connectivity index (χ4n) is 2.75. The lowest BCUT2D eigenvalue weighted by atomic mass is 10.2. The van der Waals surface area contributed by atoms with E-state index in [-0.39, 0.29) is 12.5 Å². The monoisotopic (exact) mass is 359 g/mol. The van der Waals surface area contributed by atoms with E-state index >= 15 is 0 Å². The number of aliphatic hydroxyl groups excluding tert-OH is 1. The molecule has 7 heteroatoms. The summed E-state index contributed by atoms with van der Waals surface area (Å²) in [5.74, 6) is -0.184. The van der Waals surface area contributed by atoms with Crippen molar-refractivity contribution in [2.75, 3.05) is 33.9 Å². The molecule has 0 unspecified atom stereocenters. The molecule has 3 rings (SSSR count). The Bertz CT molecular complexity index is 871. The SMILES string of the molecule is COCCn1c(-c2nc(C(=O)N(C)CCO)cs2)cc2ccccc21. The normalized spacial score (nSPS) is 11.2. The summed E-state index contributed by atoms with van der Waals surface area (Å²) in [5.41, 5.74) is 2.50. The van der Waals surface area contributed by atoms with Gasteiger partial charge in [0.2, 0.25) is 0 Å². The lowest BCUT2D eigenvalue weighted by Crippen LogP contribution is -2.29. The lowest BCUT2D eigenvalue weighted by molar-refractivity contribution is 0.0762. The van der Waals surface area contributed by atoms with Gasteiger partial charge in [0.25, 0.3) is 5.91 Å². The van der Waals surface area contributed by atoms with Crippen LogP contribution in [0.1, 0.15) is 10.5 Å². The highest BCUT2D eigenvalue weighted by molar-refractivity contribution is 7.13. The number of fused-ring (bicyclic) bond motifs is 1. The molecule has 0 aliphatic heterocycles. The van der Waals surface area contributed by atoms with Crippen LogP contribution in [0.25, 0.3) is 21.6 Å². The molecule has 25 heavy (non-hydrogen) atoms. The van der Waals surface area contributed by atoms with Crippen LogP contribution in [0, 0.1) is 0 Å². The Hall–Kier alpha value is -2.22. The highest BCUT2D eigenvalue weighted by Crippen LogP contribution is 2.30. The minimum absolute atomic E-state index is 0.0650. The number of carbonyl (C=O) groups excluding carboxylic acids is 1. The molecule has 132 valence electrons. The van der Waals surface area contributed by atoms with Gasteiger partial charge >= 0.3 is 0 Å². The molecule has 2 aromatic heterocycles. The Kier molecular flexibility index (Phi) is 5.47. The first-order valence-corrected chi connectivity index (χ1v) is 8.93. The first-order chi connectivity index (χ1) is 12.2. The summed E-state index contributed by atoms with van der Waals surface area (Å²) >= 11 is 1.45. The Morgan fingerprint density at radius 2 is 2.20 bits per heavy atom. The van der Waals surface area contributed by atoms with Gasteiger partial charge in [-0.2, -0.15) is 0 Å². The first kappa shape index (κ1) is 17.6. The second-order valence-electron chi connectivity index (χ2n) is 5.72. The van der Waals surface area contributed by atoms with Gasteiger partial charge in [-0.3, -0.25) is 4.79 Å². The zero-order valence-corrected chi connectivity index (χ0v) is 15.1. The molecule has 1 aromatic carbocycles. The Morgan fingerprint density at radius 3 is 2.96 bits per heavy atom. The van der Waals surface area contributed by atoms with Gasteiger partial charge in [0.15, 0.2) is 0 Å². The third-order valence-electron chi connectivity index (χ3n) is 4.05. The number of amides is 1. The summed E-state index contributed by atoms with van der Waals surface area (Å²) in [6.45, 7) is 1.54. The van der Waals surface area contributed by atoms with Crippen molar-refractivity contribution in [1.29, 1.82) is 0 Å². The number of aromatic nitrogens is 2. The summed E-state index contributed by atoms with van der Waals surface area (Å²) in [7, 11) is 3.34. The topological polar surface area (TPSA) is 67.6 Å². The molecule has 1 N–H and O–H groups in total. The number of likely N-dealkylation sites (N-methyl/N-ethyl adjacent to an activating group) is 1. The van der Waals surface area contributed by atoms with Crippen LogP contribution in [-0.2, 0) is 11.3 Å². The summed E-state index contributed by atoms with van der Waals surface area (Å²) in [6, 6.07) is 10.2. The quantitative estimate of drug-likeness (QED) is 0.704. The molecule has 6 nitrogen and oxygen atoms in total. The van der Waals surface area contributed by atoms with E-state index in [0.29, 0.717) is 25.4 Å². The smallest absolute Gasteiger partial charge is 0.273 e. The van der Waals surface area contributed by atoms with E-state index in [1.54, 1.807) is 19.5 Å². The van der Waals surface area contributed by atoms with Gasteiger partial charge in [-0.1, -0.05) is 18.2 Å². The minimum Gasteiger partial charge on any atom is -0.395 e. The van der Waals surface area contributed by atoms with Gasteiger partial charge in [-0.05, 0) is 12.1 Å². The van der Waals surface area contributed by atoms with Crippen molar-refractivity contribution in [1.82, 2.24) is 14.5 Å². The van der Waals surface area contributed by atoms with E-state index < -0.39 is 0 Å². The third-order valence-corrected chi connectivity index (χ3v) is 4.92. The first-order valence-electron chi connectivity index (χ1n) is 8.05. The molecule has 0 aliphatic carbocycles. The number of aliphatic hydroxyl groups is 1. The third kappa shape index (κ3) is 3.58. The maximum atomic E-state index is 12.3. The molecule has 0 fully saturated rings. The Labute approximate surface area is 150 Å². The van der Waals surface area contributed by atoms with Gasteiger partial charge in [0.1, 0.15) is 10.7 Å². The molecule has 1 amide bonds. The predicted molar refractivity (Wildman–Crippen MR) is 99.0 cm³/mol. The number of hydrogen-bond donors (Lipinski definition) is 1. The molecule has 0 spiro atoms. The van der Waals surface area contributed by atoms with Crippen molar-refractivity contribution in [2.45, 2.75) is 6.54 Å². The molecular formula is C18H21N3O3S. The molecule has 0 bridgehead atoms. The highest BCUT2D eigenvalue weighted by atomic mass is 32.1. The largest absolute Gasteiger partial charge is 0.395 e. The number of rotatable bonds is 7. The second kappa shape index (κ2) is 7.77. The number of benzene rings is 1. The van der Waals surface area contributed by atoms with E-state index in [2.05, 4.69) is 27.8 Å². The molecule has 0 atom stereocenters. The van der Waals surface area contributed by atoms with Crippen molar-refractivity contribution >= 4 is 28.1 Å². The maximum absolute atomic E-state index is 12.3. The minimum atomic E-state index is -0.184. The predicted octanol–water partition coefficient (Wildman–Crippen LogP) is 2.48. The van der Waals surface area contributed by atoms with E-state index in [1.807, 2.05) is 12.1 Å². The van der Waals surface area contributed by atoms with Crippen LogP contribution in [0.3, 0.4) is 0 Å². The number of carbonyl (C=O) groups is 1. The van der Waals surface area contributed by atoms with Crippen molar-refractivity contribution < 1.29 is 14.6 Å². The number of methoxy groups -OCH3 is 1. The van der Waals surface area contributed by atoms with Gasteiger partial charge in [-0.15, -0.1) is 11.3 Å². The highest BCUT2D eigenvalue weighted by Gasteiger charge is 2.18. The summed E-state index contributed by atoms with van der Waals surface area (Å²) in [6.07, 6.45) is 0. The second-order valence-corrected chi connectivity index (χ2v) is 6.58. The molecular weight excluding hydrogens is 338 g/mol. The molecule has 0 saturated heterocycles. The van der Waals surface area contributed by atoms with Crippen LogP contribution in [0.4, 0.5) is 0 Å². The van der Waals surface area contributed by atoms with Crippen molar-refractivity contribution in [3.8, 4) is 10.7 Å². The summed E-state index contributed by atoms with van der Waals surface area (Å²) in [5, 5.41) is 12.7. The summed E-state index contributed by atoms with van der Waals surface area (Å²) < 4.78 is 7.40. The Morgan fingerprint density at radius 1 is 1.40 bits per heavy atom. The lowest BCUT2D eigenvalue weighted by Gasteiger charge is -2.13. The van der Waals surface area contributed by atoms with E-state index in [9.17, 15) is 4.79 Å². The van der Waals surface area contributed by atoms with Crippen molar-refractivity contribution in [3.63, 3.8) is 0 Å². The van der Waals surface area contributed by atoms with E-state index in [0.717, 1.165) is 21.6 Å². The molecule has 3 aromatic rings. The van der Waals surface area contributed by atoms with Gasteiger partial charge in [-0.25, -0.2) is 4.98 Å². The van der Waals surface area contributed by atoms with Gasteiger partial charge in [0, 0.05) is 43.5 Å². The molecule has 0 aliphatic rings. The number of hydrogen-bond acceptors (Lipinski definition) is 5. The summed E-state index contributed by atoms with van der Waals surface area (Å²) in [4.78, 5) is 18.3. The Balaban J connectivity index is 1.98. The van der Waals surface area contributed by atoms with Crippen LogP contribution in [0.15, 0.2) is 35.7 Å². The number of nitrogens with zero attached hydrogens (tertiary/aromatic N) is 3. The number of thiazole rings is 1. The van der Waals surface area contributed by atoms with Crippen molar-refractivity contribution in [3.05, 3.63) is 41.4 Å². The van der Waals surface area contributed by atoms with Crippen LogP contribution >= 0.6 is 11.3 Å². The number of ether oxygens (including phenoxy) is 1. The molecule has 2 heterocycles. The van der Waals surface area contributed by atoms with Gasteiger partial charge < -0.3 is 19.3 Å². The van der Waals surface area contributed by atoms with Gasteiger partial charge in [0.05, 0.1) is 18.9 Å². The van der Waals surface area contributed by atoms with Crippen LogP contribution in [-0.4, -0.2) is 59.4 Å². The maximum Gasteiger partial charge on any atom is 0.273 e. The van der Waals surface area contributed by atoms with E-state index in [1.165, 1.54) is 16.2 Å². The fraction of sp³-hybridized carbons (Fsp3) is 0.333. The molecule has 0 radical (unpaired) electrons. The fourth-order valence-corrected chi connectivity index (χ4v) is 3.57. The van der Waals surface area contributed by atoms with Crippen LogP contribution in [0.2, 0.25) is 0 Å². The number of para-hydroxylation sites is 1. The van der Waals surface area contributed by atoms with E-state index in [4.69, 9.17) is 9.84 Å².